The Morgan fingerprint density at radius 3 is 2.00 bits per heavy atom. The van der Waals surface area contributed by atoms with Gasteiger partial charge in [0.05, 0.1) is 82.0 Å². The molecule has 0 aliphatic carbocycles. The summed E-state index contributed by atoms with van der Waals surface area (Å²) in [5.41, 5.74) is 8.71. The van der Waals surface area contributed by atoms with Crippen LogP contribution < -0.4 is 36.5 Å². The van der Waals surface area contributed by atoms with Gasteiger partial charge in [-0.1, -0.05) is 24.3 Å². The Balaban J connectivity index is 0.599. The number of piperidine rings is 2. The molecule has 3 aliphatic heterocycles. The number of nitrogens with zero attached hydrogens (tertiary/aromatic N) is 6. The van der Waals surface area contributed by atoms with E-state index < -0.39 is 29.7 Å². The number of nitrogens with two attached hydrogens (primary N) is 1. The first-order valence-electron chi connectivity index (χ1n) is 25.7. The van der Waals surface area contributed by atoms with Gasteiger partial charge in [-0.05, 0) is 74.3 Å². The molecule has 78 heavy (non-hydrogen) atoms. The number of para-hydroxylation sites is 1. The molecule has 8 rings (SSSR count). The number of rotatable bonds is 30. The molecule has 0 bridgehead atoms. The van der Waals surface area contributed by atoms with Crippen molar-refractivity contribution >= 4 is 58.2 Å². The topological polar surface area (TPSA) is 308 Å². The van der Waals surface area contributed by atoms with Crippen LogP contribution in [0.5, 0.6) is 17.2 Å². The quantitative estimate of drug-likeness (QED) is 0.0321. The second kappa shape index (κ2) is 28.4. The highest BCUT2D eigenvalue weighted by Crippen LogP contribution is 2.36. The molecule has 414 valence electrons. The summed E-state index contributed by atoms with van der Waals surface area (Å²) in [7, 11) is 0. The van der Waals surface area contributed by atoms with Crippen molar-refractivity contribution in [3.63, 3.8) is 0 Å². The van der Waals surface area contributed by atoms with Crippen LogP contribution in [0.4, 0.5) is 5.82 Å². The molecule has 2 aromatic heterocycles. The summed E-state index contributed by atoms with van der Waals surface area (Å²) in [6.45, 7) is 3.67. The van der Waals surface area contributed by atoms with Gasteiger partial charge in [-0.25, -0.2) is 14.6 Å². The van der Waals surface area contributed by atoms with E-state index in [0.29, 0.717) is 41.4 Å². The Bertz CT molecular complexity index is 2890. The standard InChI is InChI=1S/C53H63N11O14/c54-49-47-48(35-11-13-38(14-12-35)78-37-7-2-1-3-8-37)61-64(50(47)59-34-58-49)36-6-5-20-62(30-36)31-43(66)55-17-21-72-24-26-75-32-44(67)56-18-22-73-25-27-76-33-45(68)57-19-23-74-28-29-77-41-10-4-9-39-46(41)53(71)63(52(39)70)40-15-16-42(65)60-51(40)69/h1-4,7-14,34,36,40H,5-6,15-33H2,(H,55,66)(H,56,67)(H,57,68)(H2,54,58,59)(H,60,65,69)/t36-,40?/m1/s1. The number of nitrogens with one attached hydrogen (secondary N) is 4. The van der Waals surface area contributed by atoms with Crippen LogP contribution in [0.1, 0.15) is 52.4 Å². The minimum absolute atomic E-state index is 0.0174. The van der Waals surface area contributed by atoms with E-state index in [1.54, 1.807) is 12.1 Å². The van der Waals surface area contributed by atoms with Crippen molar-refractivity contribution in [2.24, 2.45) is 0 Å². The second-order valence-corrected chi connectivity index (χ2v) is 18.2. The third-order valence-electron chi connectivity index (χ3n) is 12.6. The summed E-state index contributed by atoms with van der Waals surface area (Å²) in [5, 5.41) is 16.1. The minimum Gasteiger partial charge on any atom is -0.490 e. The number of carbonyl (C=O) groups excluding carboxylic acids is 7. The second-order valence-electron chi connectivity index (χ2n) is 18.2. The zero-order valence-electron chi connectivity index (χ0n) is 43.0. The van der Waals surface area contributed by atoms with Crippen molar-refractivity contribution < 1.29 is 66.7 Å². The zero-order valence-corrected chi connectivity index (χ0v) is 43.0. The maximum absolute atomic E-state index is 13.2. The molecule has 5 aromatic rings. The van der Waals surface area contributed by atoms with Crippen LogP contribution in [0.25, 0.3) is 22.3 Å². The Kier molecular flexibility index (Phi) is 20.5. The smallest absolute Gasteiger partial charge is 0.266 e. The molecule has 0 saturated carbocycles. The van der Waals surface area contributed by atoms with E-state index in [2.05, 4.69) is 36.1 Å². The number of likely N-dealkylation sites (tertiary alicyclic amines) is 1. The summed E-state index contributed by atoms with van der Waals surface area (Å²) in [6.07, 6.45) is 3.23. The molecule has 0 radical (unpaired) electrons. The van der Waals surface area contributed by atoms with Gasteiger partial charge in [-0.15, -0.1) is 0 Å². The SMILES string of the molecule is Nc1ncnc2c1c(-c1ccc(Oc3ccccc3)cc1)nn2[C@@H]1CCCN(CC(=O)NCCOCCOCC(=O)NCCOCCOCC(=O)NCCOCCOc2cccc3c2C(=O)N(C2CCC(=O)NC2=O)C3=O)C1. The lowest BCUT2D eigenvalue weighted by molar-refractivity contribution is -0.136. The van der Waals surface area contributed by atoms with Gasteiger partial charge in [-0.2, -0.15) is 5.10 Å². The van der Waals surface area contributed by atoms with Crippen LogP contribution in [0, 0.1) is 0 Å². The van der Waals surface area contributed by atoms with Crippen LogP contribution in [0.3, 0.4) is 0 Å². The fourth-order valence-electron chi connectivity index (χ4n) is 8.97. The van der Waals surface area contributed by atoms with Gasteiger partial charge in [0.2, 0.25) is 29.5 Å². The summed E-state index contributed by atoms with van der Waals surface area (Å²) >= 11 is 0. The third-order valence-corrected chi connectivity index (χ3v) is 12.6. The maximum atomic E-state index is 13.2. The predicted octanol–water partition coefficient (Wildman–Crippen LogP) is 1.42. The highest BCUT2D eigenvalue weighted by atomic mass is 16.5. The summed E-state index contributed by atoms with van der Waals surface area (Å²) in [6, 6.07) is 20.7. The van der Waals surface area contributed by atoms with E-state index in [4.69, 9.17) is 44.0 Å². The monoisotopic (exact) mass is 1080 g/mol. The molecular weight excluding hydrogens is 1010 g/mol. The van der Waals surface area contributed by atoms with Crippen LogP contribution in [-0.4, -0.2) is 189 Å². The summed E-state index contributed by atoms with van der Waals surface area (Å²) in [4.78, 5) is 99.0. The Labute approximate surface area is 448 Å². The molecule has 2 saturated heterocycles. The number of fused-ring (bicyclic) bond motifs is 2. The lowest BCUT2D eigenvalue weighted by atomic mass is 10.0. The highest BCUT2D eigenvalue weighted by molar-refractivity contribution is 6.24. The fraction of sp³-hybridized carbons (Fsp3) is 0.434. The normalized spacial score (nSPS) is 16.5. The number of nitrogen functional groups attached to an aromatic ring is 1. The van der Waals surface area contributed by atoms with Crippen molar-refractivity contribution in [3.05, 3.63) is 90.3 Å². The van der Waals surface area contributed by atoms with Crippen LogP contribution in [0.2, 0.25) is 0 Å². The van der Waals surface area contributed by atoms with E-state index in [0.717, 1.165) is 35.6 Å². The Morgan fingerprint density at radius 2 is 1.32 bits per heavy atom. The lowest BCUT2D eigenvalue weighted by Crippen LogP contribution is -2.54. The van der Waals surface area contributed by atoms with Crippen LogP contribution in [0.15, 0.2) is 79.1 Å². The van der Waals surface area contributed by atoms with Gasteiger partial charge in [0, 0.05) is 38.2 Å². The van der Waals surface area contributed by atoms with Gasteiger partial charge >= 0.3 is 0 Å². The molecule has 25 heteroatoms. The lowest BCUT2D eigenvalue weighted by Gasteiger charge is -2.32. The van der Waals surface area contributed by atoms with Gasteiger partial charge in [-0.3, -0.25) is 48.7 Å². The largest absolute Gasteiger partial charge is 0.490 e. The molecule has 3 aromatic carbocycles. The molecule has 7 amide bonds. The fourth-order valence-corrected chi connectivity index (χ4v) is 8.97. The van der Waals surface area contributed by atoms with Crippen molar-refractivity contribution in [2.45, 2.75) is 37.8 Å². The number of imide groups is 2. The van der Waals surface area contributed by atoms with Gasteiger partial charge in [0.1, 0.15) is 61.0 Å². The van der Waals surface area contributed by atoms with Gasteiger partial charge in [0.15, 0.2) is 5.65 Å². The molecule has 3 aliphatic rings. The van der Waals surface area contributed by atoms with E-state index in [-0.39, 0.29) is 146 Å². The molecule has 2 fully saturated rings. The molecule has 1 unspecified atom stereocenters. The number of aromatic nitrogens is 4. The number of amides is 7. The minimum atomic E-state index is -1.08. The first-order valence-corrected chi connectivity index (χ1v) is 25.7. The van der Waals surface area contributed by atoms with E-state index in [9.17, 15) is 33.6 Å². The number of ether oxygens (including phenoxy) is 7. The highest BCUT2D eigenvalue weighted by Gasteiger charge is 2.46. The van der Waals surface area contributed by atoms with Crippen molar-refractivity contribution in [1.29, 1.82) is 0 Å². The van der Waals surface area contributed by atoms with Crippen molar-refractivity contribution in [2.75, 3.05) is 118 Å². The predicted molar refractivity (Wildman–Crippen MR) is 278 cm³/mol. The van der Waals surface area contributed by atoms with Gasteiger partial charge in [0.25, 0.3) is 11.8 Å². The molecule has 6 N–H and O–H groups in total. The Hall–Kier alpha value is -7.94. The molecular formula is C53H63N11O14. The molecule has 2 atom stereocenters. The molecule has 0 spiro atoms. The number of carbonyl (C=O) groups is 7. The summed E-state index contributed by atoms with van der Waals surface area (Å²) < 4.78 is 40.9. The Morgan fingerprint density at radius 1 is 0.679 bits per heavy atom. The number of hydrogen-bond donors (Lipinski definition) is 5. The first-order chi connectivity index (χ1) is 38.0. The van der Waals surface area contributed by atoms with Crippen molar-refractivity contribution in [3.8, 4) is 28.5 Å². The summed E-state index contributed by atoms with van der Waals surface area (Å²) in [5.74, 6) is -1.30. The number of anilines is 1. The van der Waals surface area contributed by atoms with E-state index in [1.807, 2.05) is 59.3 Å². The number of benzene rings is 3. The van der Waals surface area contributed by atoms with Crippen molar-refractivity contribution in [1.82, 2.24) is 50.8 Å². The van der Waals surface area contributed by atoms with Crippen LogP contribution >= 0.6 is 0 Å². The van der Waals surface area contributed by atoms with Gasteiger partial charge < -0.3 is 54.8 Å². The zero-order chi connectivity index (χ0) is 54.6. The molecule has 25 nitrogen and oxygen atoms in total. The number of hydrogen-bond acceptors (Lipinski definition) is 19. The maximum Gasteiger partial charge on any atom is 0.266 e. The third kappa shape index (κ3) is 15.4. The van der Waals surface area contributed by atoms with E-state index in [1.165, 1.54) is 12.4 Å². The molecule has 5 heterocycles. The average Bonchev–Trinajstić information content (AvgIpc) is 4.21. The van der Waals surface area contributed by atoms with Crippen LogP contribution in [-0.2, 0) is 47.7 Å². The van der Waals surface area contributed by atoms with E-state index >= 15 is 0 Å². The first kappa shape index (κ1) is 56.3. The average molecular weight is 1080 g/mol.